The maximum atomic E-state index is 13.1. The summed E-state index contributed by atoms with van der Waals surface area (Å²) in [5, 5.41) is 3.22. The summed E-state index contributed by atoms with van der Waals surface area (Å²) < 4.78 is 31.5. The predicted octanol–water partition coefficient (Wildman–Crippen LogP) is 4.48. The molecule has 0 bridgehead atoms. The highest BCUT2D eigenvalue weighted by Crippen LogP contribution is 2.29. The Hall–Kier alpha value is -3.07. The van der Waals surface area contributed by atoms with Crippen molar-refractivity contribution in [1.82, 2.24) is 20.1 Å². The van der Waals surface area contributed by atoms with Crippen molar-refractivity contribution in [2.75, 3.05) is 33.3 Å². The van der Waals surface area contributed by atoms with Crippen molar-refractivity contribution in [2.45, 2.75) is 70.4 Å². The number of amides is 2. The second kappa shape index (κ2) is 11.6. The van der Waals surface area contributed by atoms with Crippen LogP contribution in [0.25, 0.3) is 0 Å². The minimum atomic E-state index is -2.88. The molecule has 0 atom stereocenters. The van der Waals surface area contributed by atoms with Gasteiger partial charge in [-0.25, -0.2) is 13.8 Å². The van der Waals surface area contributed by atoms with Crippen LogP contribution in [0.1, 0.15) is 76.6 Å². The Labute approximate surface area is 228 Å². The lowest BCUT2D eigenvalue weighted by Crippen LogP contribution is -2.38. The second-order valence-electron chi connectivity index (χ2n) is 11.4. The van der Waals surface area contributed by atoms with E-state index in [4.69, 9.17) is 4.74 Å². The summed E-state index contributed by atoms with van der Waals surface area (Å²) in [4.78, 5) is 33.9. The molecule has 1 aromatic carbocycles. The van der Waals surface area contributed by atoms with E-state index in [1.807, 2.05) is 12.1 Å². The number of benzene rings is 1. The second-order valence-corrected chi connectivity index (χ2v) is 11.4. The predicted molar refractivity (Wildman–Crippen MR) is 144 cm³/mol. The Bertz CT molecular complexity index is 1210. The monoisotopic (exact) mass is 540 g/mol. The molecule has 3 heterocycles. The van der Waals surface area contributed by atoms with Gasteiger partial charge in [0.05, 0.1) is 0 Å². The van der Waals surface area contributed by atoms with Crippen molar-refractivity contribution < 1.29 is 23.1 Å². The zero-order chi connectivity index (χ0) is 27.6. The Morgan fingerprint density at radius 2 is 1.90 bits per heavy atom. The van der Waals surface area contributed by atoms with Crippen molar-refractivity contribution in [3.8, 4) is 5.88 Å². The average Bonchev–Trinajstić information content (AvgIpc) is 3.07. The Balaban J connectivity index is 1.05. The summed E-state index contributed by atoms with van der Waals surface area (Å²) in [7, 11) is 1.76. The molecule has 1 saturated carbocycles. The molecule has 7 nitrogen and oxygen atoms in total. The molecule has 1 fully saturated rings. The summed E-state index contributed by atoms with van der Waals surface area (Å²) in [5.74, 6) is -2.07. The smallest absolute Gasteiger partial charge is 0.278 e. The van der Waals surface area contributed by atoms with Gasteiger partial charge in [0.15, 0.2) is 6.61 Å². The molecule has 9 heteroatoms. The van der Waals surface area contributed by atoms with E-state index in [-0.39, 0.29) is 23.7 Å². The molecular weight excluding hydrogens is 502 g/mol. The van der Waals surface area contributed by atoms with Gasteiger partial charge in [0.25, 0.3) is 17.7 Å². The lowest BCUT2D eigenvalue weighted by Gasteiger charge is -2.31. The number of rotatable bonds is 8. The maximum Gasteiger partial charge on any atom is 0.278 e. The number of halogens is 2. The molecule has 2 aromatic rings. The number of aromatic nitrogens is 1. The number of ether oxygens (including phenoxy) is 1. The molecule has 0 radical (unpaired) electrons. The van der Waals surface area contributed by atoms with Crippen molar-refractivity contribution in [3.05, 3.63) is 58.3 Å². The van der Waals surface area contributed by atoms with Crippen LogP contribution in [0.5, 0.6) is 5.88 Å². The van der Waals surface area contributed by atoms with Crippen LogP contribution in [-0.2, 0) is 19.4 Å². The molecule has 2 aliphatic heterocycles. The van der Waals surface area contributed by atoms with E-state index in [0.717, 1.165) is 82.8 Å². The average molecular weight is 541 g/mol. The highest BCUT2D eigenvalue weighted by molar-refractivity contribution is 6.04. The first-order chi connectivity index (χ1) is 18.7. The van der Waals surface area contributed by atoms with Crippen LogP contribution in [0, 0.1) is 5.92 Å². The quantitative estimate of drug-likeness (QED) is 0.535. The van der Waals surface area contributed by atoms with Crippen LogP contribution in [-0.4, -0.2) is 71.9 Å². The lowest BCUT2D eigenvalue weighted by molar-refractivity contribution is -0.0243. The number of fused-ring (bicyclic) bond motifs is 2. The minimum Gasteiger partial charge on any atom is -0.471 e. The van der Waals surface area contributed by atoms with Gasteiger partial charge in [-0.15, -0.1) is 0 Å². The standard InChI is InChI=1S/C30H38F2N4O3/c1-30(31,32)19-39-27-11-8-21-13-16-36(17-14-26(21)34-27)15-12-20-6-9-22(10-7-20)33-28(37)23-4-3-5-24-25(23)18-35(2)29(24)38/h3-5,8,11,20,22H,6-7,9-10,12-19H2,1-2H3,(H,33,37). The third-order valence-corrected chi connectivity index (χ3v) is 8.31. The number of carbonyl (C=O) groups excluding carboxylic acids is 2. The lowest BCUT2D eigenvalue weighted by atomic mass is 9.84. The first-order valence-electron chi connectivity index (χ1n) is 14.1. The van der Waals surface area contributed by atoms with Gasteiger partial charge in [-0.2, -0.15) is 0 Å². The summed E-state index contributed by atoms with van der Waals surface area (Å²) >= 11 is 0. The van der Waals surface area contributed by atoms with Crippen LogP contribution in [0.2, 0.25) is 0 Å². The van der Waals surface area contributed by atoms with Crippen molar-refractivity contribution in [1.29, 1.82) is 0 Å². The highest BCUT2D eigenvalue weighted by Gasteiger charge is 2.30. The number of nitrogens with zero attached hydrogens (tertiary/aromatic N) is 3. The molecule has 0 spiro atoms. The fourth-order valence-electron chi connectivity index (χ4n) is 6.02. The molecule has 39 heavy (non-hydrogen) atoms. The van der Waals surface area contributed by atoms with E-state index in [1.165, 1.54) is 5.56 Å². The molecule has 1 aromatic heterocycles. The Morgan fingerprint density at radius 1 is 1.13 bits per heavy atom. The molecule has 0 unspecified atom stereocenters. The first-order valence-corrected chi connectivity index (χ1v) is 14.1. The van der Waals surface area contributed by atoms with E-state index >= 15 is 0 Å². The number of hydrogen-bond acceptors (Lipinski definition) is 5. The number of carbonyl (C=O) groups is 2. The van der Waals surface area contributed by atoms with Crippen LogP contribution < -0.4 is 10.1 Å². The van der Waals surface area contributed by atoms with Crippen LogP contribution in [0.15, 0.2) is 30.3 Å². The number of pyridine rings is 1. The molecule has 1 N–H and O–H groups in total. The van der Waals surface area contributed by atoms with E-state index < -0.39 is 12.5 Å². The molecule has 1 aliphatic carbocycles. The van der Waals surface area contributed by atoms with E-state index in [1.54, 1.807) is 30.1 Å². The molecule has 210 valence electrons. The van der Waals surface area contributed by atoms with Gasteiger partial charge in [-0.1, -0.05) is 12.1 Å². The summed E-state index contributed by atoms with van der Waals surface area (Å²) in [6.07, 6.45) is 6.95. The minimum absolute atomic E-state index is 0.0252. The van der Waals surface area contributed by atoms with Gasteiger partial charge >= 0.3 is 0 Å². The largest absolute Gasteiger partial charge is 0.471 e. The molecule has 5 rings (SSSR count). The molecule has 0 saturated heterocycles. The van der Waals surface area contributed by atoms with Crippen LogP contribution in [0.3, 0.4) is 0 Å². The highest BCUT2D eigenvalue weighted by atomic mass is 19.3. The zero-order valence-corrected chi connectivity index (χ0v) is 22.8. The molecule has 2 amide bonds. The number of hydrogen-bond donors (Lipinski definition) is 1. The topological polar surface area (TPSA) is 74.8 Å². The van der Waals surface area contributed by atoms with E-state index in [9.17, 15) is 18.4 Å². The van der Waals surface area contributed by atoms with Crippen LogP contribution >= 0.6 is 0 Å². The third kappa shape index (κ3) is 6.75. The fraction of sp³-hybridized carbons (Fsp3) is 0.567. The normalized spacial score (nSPS) is 21.7. The summed E-state index contributed by atoms with van der Waals surface area (Å²) in [5.41, 5.74) is 4.20. The zero-order valence-electron chi connectivity index (χ0n) is 22.8. The molecular formula is C30H38F2N4O3. The number of alkyl halides is 2. The van der Waals surface area contributed by atoms with Gasteiger partial charge < -0.3 is 19.9 Å². The van der Waals surface area contributed by atoms with Crippen molar-refractivity contribution >= 4 is 11.8 Å². The first kappa shape index (κ1) is 27.5. The van der Waals surface area contributed by atoms with E-state index in [2.05, 4.69) is 15.2 Å². The van der Waals surface area contributed by atoms with Crippen molar-refractivity contribution in [2.24, 2.45) is 5.92 Å². The van der Waals surface area contributed by atoms with Crippen LogP contribution in [0.4, 0.5) is 8.78 Å². The molecule has 3 aliphatic rings. The summed E-state index contributed by atoms with van der Waals surface area (Å²) in [6, 6.07) is 9.23. The van der Waals surface area contributed by atoms with Crippen molar-refractivity contribution in [3.63, 3.8) is 0 Å². The van der Waals surface area contributed by atoms with E-state index in [0.29, 0.717) is 23.6 Å². The van der Waals surface area contributed by atoms with Gasteiger partial charge in [0, 0.05) is 69.0 Å². The van der Waals surface area contributed by atoms with Gasteiger partial charge in [0.1, 0.15) is 0 Å². The van der Waals surface area contributed by atoms with Gasteiger partial charge in [-0.3, -0.25) is 9.59 Å². The fourth-order valence-corrected chi connectivity index (χ4v) is 6.02. The Morgan fingerprint density at radius 3 is 2.67 bits per heavy atom. The van der Waals surface area contributed by atoms with Gasteiger partial charge in [-0.05, 0) is 74.2 Å². The van der Waals surface area contributed by atoms with Gasteiger partial charge in [0.2, 0.25) is 5.88 Å². The number of nitrogens with one attached hydrogen (secondary N) is 1. The third-order valence-electron chi connectivity index (χ3n) is 8.31. The summed E-state index contributed by atoms with van der Waals surface area (Å²) in [6.45, 7) is 3.55. The maximum absolute atomic E-state index is 13.1. The SMILES string of the molecule is CN1Cc2c(C(=O)NC3CCC(CCN4CCc5ccc(OCC(C)(F)F)nc5CC4)CC3)cccc2C1=O. The Kier molecular flexibility index (Phi) is 8.16.